The van der Waals surface area contributed by atoms with Crippen LogP contribution in [0, 0.1) is 5.41 Å². The Bertz CT molecular complexity index is 581. The monoisotopic (exact) mass is 295 g/mol. The quantitative estimate of drug-likeness (QED) is 0.851. The normalized spacial score (nSPS) is 21.6. The Kier molecular flexibility index (Phi) is 3.84. The van der Waals surface area contributed by atoms with Gasteiger partial charge in [-0.3, -0.25) is 4.90 Å². The van der Waals surface area contributed by atoms with Crippen LogP contribution in [0.3, 0.4) is 0 Å². The second kappa shape index (κ2) is 5.53. The van der Waals surface area contributed by atoms with Crippen LogP contribution in [-0.4, -0.2) is 29.2 Å². The predicted octanol–water partition coefficient (Wildman–Crippen LogP) is 3.65. The summed E-state index contributed by atoms with van der Waals surface area (Å²) in [5.41, 5.74) is 2.37. The van der Waals surface area contributed by atoms with Gasteiger partial charge in [0.1, 0.15) is 0 Å². The molecule has 2 aromatic rings. The van der Waals surface area contributed by atoms with E-state index in [4.69, 9.17) is 0 Å². The lowest BCUT2D eigenvalue weighted by molar-refractivity contribution is 0.125. The smallest absolute Gasteiger partial charge is 0.0690 e. The highest BCUT2D eigenvalue weighted by molar-refractivity contribution is 5.39. The summed E-state index contributed by atoms with van der Waals surface area (Å²) in [6, 6.07) is 21.8. The molecular formula is C20H25NO. The molecule has 0 spiro atoms. The molecule has 0 amide bonds. The van der Waals surface area contributed by atoms with Gasteiger partial charge in [-0.1, -0.05) is 74.5 Å². The second-order valence-electron chi connectivity index (χ2n) is 7.12. The van der Waals surface area contributed by atoms with Crippen molar-refractivity contribution in [1.82, 2.24) is 4.90 Å². The van der Waals surface area contributed by atoms with Crippen molar-refractivity contribution in [2.45, 2.75) is 32.4 Å². The fourth-order valence-corrected chi connectivity index (χ4v) is 3.43. The lowest BCUT2D eigenvalue weighted by Gasteiger charge is -2.36. The Labute approximate surface area is 133 Å². The molecule has 1 fully saturated rings. The van der Waals surface area contributed by atoms with Crippen LogP contribution in [-0.2, 0) is 5.54 Å². The van der Waals surface area contributed by atoms with Crippen molar-refractivity contribution in [3.63, 3.8) is 0 Å². The molecule has 22 heavy (non-hydrogen) atoms. The number of nitrogens with zero attached hydrogens (tertiary/aromatic N) is 1. The van der Waals surface area contributed by atoms with Gasteiger partial charge in [-0.2, -0.15) is 0 Å². The van der Waals surface area contributed by atoms with Gasteiger partial charge in [0.15, 0.2) is 0 Å². The predicted molar refractivity (Wildman–Crippen MR) is 90.7 cm³/mol. The van der Waals surface area contributed by atoms with Crippen LogP contribution in [0.4, 0.5) is 0 Å². The average molecular weight is 295 g/mol. The van der Waals surface area contributed by atoms with Crippen molar-refractivity contribution in [3.05, 3.63) is 71.8 Å². The zero-order valence-corrected chi connectivity index (χ0v) is 13.7. The molecule has 1 aliphatic rings. The first-order chi connectivity index (χ1) is 10.5. The number of hydrogen-bond donors (Lipinski definition) is 1. The lowest BCUT2D eigenvalue weighted by atomic mass is 9.83. The van der Waals surface area contributed by atoms with E-state index in [0.29, 0.717) is 6.04 Å². The van der Waals surface area contributed by atoms with Gasteiger partial charge in [0.2, 0.25) is 0 Å². The Balaban J connectivity index is 2.03. The molecule has 1 aliphatic heterocycles. The standard InChI is InChI=1S/C20H25NO/c1-19(2,15-22)18-14-21(18)20(3,16-10-6-4-7-11-16)17-12-8-5-9-13-17/h4-13,18,22H,14-15H2,1-3H3. The molecule has 0 aliphatic carbocycles. The van der Waals surface area contributed by atoms with E-state index in [-0.39, 0.29) is 17.6 Å². The topological polar surface area (TPSA) is 23.2 Å². The summed E-state index contributed by atoms with van der Waals surface area (Å²) in [6.45, 7) is 7.83. The minimum Gasteiger partial charge on any atom is -0.396 e. The number of aliphatic hydroxyl groups excluding tert-OH is 1. The maximum absolute atomic E-state index is 9.70. The Morgan fingerprint density at radius 1 is 0.909 bits per heavy atom. The van der Waals surface area contributed by atoms with Gasteiger partial charge < -0.3 is 5.11 Å². The van der Waals surface area contributed by atoms with Crippen molar-refractivity contribution >= 4 is 0 Å². The Morgan fingerprint density at radius 3 is 1.77 bits per heavy atom. The highest BCUT2D eigenvalue weighted by atomic mass is 16.3. The summed E-state index contributed by atoms with van der Waals surface area (Å²) in [4.78, 5) is 2.51. The van der Waals surface area contributed by atoms with Gasteiger partial charge in [-0.25, -0.2) is 0 Å². The minimum atomic E-state index is -0.153. The van der Waals surface area contributed by atoms with Crippen LogP contribution in [0.15, 0.2) is 60.7 Å². The molecule has 116 valence electrons. The summed E-state index contributed by atoms with van der Waals surface area (Å²) in [6.07, 6.45) is 0. The van der Waals surface area contributed by atoms with Crippen molar-refractivity contribution in [3.8, 4) is 0 Å². The third kappa shape index (κ3) is 2.47. The van der Waals surface area contributed by atoms with Crippen molar-refractivity contribution in [2.24, 2.45) is 5.41 Å². The third-order valence-electron chi connectivity index (χ3n) is 5.17. The van der Waals surface area contributed by atoms with Gasteiger partial charge in [0.25, 0.3) is 0 Å². The van der Waals surface area contributed by atoms with Crippen LogP contribution < -0.4 is 0 Å². The molecule has 0 aromatic heterocycles. The molecule has 2 atom stereocenters. The molecule has 2 heteroatoms. The first-order valence-corrected chi connectivity index (χ1v) is 7.99. The van der Waals surface area contributed by atoms with E-state index in [1.165, 1.54) is 11.1 Å². The van der Waals surface area contributed by atoms with Crippen molar-refractivity contribution < 1.29 is 5.11 Å². The first kappa shape index (κ1) is 15.3. The molecule has 1 N–H and O–H groups in total. The van der Waals surface area contributed by atoms with Crippen LogP contribution in [0.1, 0.15) is 31.9 Å². The Morgan fingerprint density at radius 2 is 1.36 bits per heavy atom. The molecule has 2 aromatic carbocycles. The molecule has 1 heterocycles. The summed E-state index contributed by atoms with van der Waals surface area (Å²) in [5.74, 6) is 0. The fourth-order valence-electron chi connectivity index (χ4n) is 3.43. The highest BCUT2D eigenvalue weighted by Crippen LogP contribution is 2.48. The minimum absolute atomic E-state index is 0.0786. The van der Waals surface area contributed by atoms with Crippen LogP contribution in [0.5, 0.6) is 0 Å². The SMILES string of the molecule is CC(C)(CO)C1CN1C(C)(c1ccccc1)c1ccccc1. The number of rotatable bonds is 5. The van der Waals surface area contributed by atoms with Crippen LogP contribution in [0.2, 0.25) is 0 Å². The molecule has 1 saturated heterocycles. The third-order valence-corrected chi connectivity index (χ3v) is 5.17. The molecule has 0 radical (unpaired) electrons. The molecule has 2 nitrogen and oxygen atoms in total. The maximum Gasteiger partial charge on any atom is 0.0690 e. The average Bonchev–Trinajstić information content (AvgIpc) is 3.37. The van der Waals surface area contributed by atoms with Gasteiger partial charge in [0.05, 0.1) is 5.54 Å². The van der Waals surface area contributed by atoms with E-state index < -0.39 is 0 Å². The van der Waals surface area contributed by atoms with Gasteiger partial charge in [0, 0.05) is 24.6 Å². The molecular weight excluding hydrogens is 270 g/mol. The molecule has 3 rings (SSSR count). The number of hydrogen-bond acceptors (Lipinski definition) is 2. The van der Waals surface area contributed by atoms with E-state index in [9.17, 15) is 5.11 Å². The summed E-state index contributed by atoms with van der Waals surface area (Å²) < 4.78 is 0. The van der Waals surface area contributed by atoms with Crippen LogP contribution >= 0.6 is 0 Å². The van der Waals surface area contributed by atoms with E-state index in [1.807, 2.05) is 0 Å². The van der Waals surface area contributed by atoms with E-state index >= 15 is 0 Å². The van der Waals surface area contributed by atoms with Crippen molar-refractivity contribution in [2.75, 3.05) is 13.2 Å². The van der Waals surface area contributed by atoms with E-state index in [1.54, 1.807) is 0 Å². The fraction of sp³-hybridized carbons (Fsp3) is 0.400. The summed E-state index contributed by atoms with van der Waals surface area (Å²) in [7, 11) is 0. The number of benzene rings is 2. The van der Waals surface area contributed by atoms with E-state index in [2.05, 4.69) is 86.3 Å². The van der Waals surface area contributed by atoms with Crippen molar-refractivity contribution in [1.29, 1.82) is 0 Å². The zero-order chi connectivity index (χ0) is 15.8. The maximum atomic E-state index is 9.70. The molecule has 0 bridgehead atoms. The molecule has 2 unspecified atom stereocenters. The van der Waals surface area contributed by atoms with Gasteiger partial charge >= 0.3 is 0 Å². The van der Waals surface area contributed by atoms with Crippen LogP contribution in [0.25, 0.3) is 0 Å². The zero-order valence-electron chi connectivity index (χ0n) is 13.7. The van der Waals surface area contributed by atoms with E-state index in [0.717, 1.165) is 6.54 Å². The molecule has 0 saturated carbocycles. The lowest BCUT2D eigenvalue weighted by Crippen LogP contribution is -2.38. The largest absolute Gasteiger partial charge is 0.396 e. The highest BCUT2D eigenvalue weighted by Gasteiger charge is 2.54. The summed E-state index contributed by atoms with van der Waals surface area (Å²) in [5, 5.41) is 9.70. The number of aliphatic hydroxyl groups is 1. The second-order valence-corrected chi connectivity index (χ2v) is 7.12. The van der Waals surface area contributed by atoms with Gasteiger partial charge in [-0.15, -0.1) is 0 Å². The van der Waals surface area contributed by atoms with Gasteiger partial charge in [-0.05, 0) is 18.1 Å². The first-order valence-electron chi connectivity index (χ1n) is 7.99. The summed E-state index contributed by atoms with van der Waals surface area (Å²) >= 11 is 0. The Hall–Kier alpha value is -1.64.